The number of methoxy groups -OCH3 is 1. The maximum atomic E-state index is 13.6. The van der Waals surface area contributed by atoms with Crippen molar-refractivity contribution in [2.75, 3.05) is 13.7 Å². The monoisotopic (exact) mass is 289 g/mol. The first-order chi connectivity index (χ1) is 10.1. The van der Waals surface area contributed by atoms with E-state index in [9.17, 15) is 4.39 Å². The van der Waals surface area contributed by atoms with Gasteiger partial charge >= 0.3 is 0 Å². The van der Waals surface area contributed by atoms with Crippen molar-refractivity contribution in [1.29, 1.82) is 0 Å². The summed E-state index contributed by atoms with van der Waals surface area (Å²) in [6, 6.07) is 6.90. The molecule has 4 nitrogen and oxygen atoms in total. The van der Waals surface area contributed by atoms with Crippen molar-refractivity contribution in [3.63, 3.8) is 0 Å². The van der Waals surface area contributed by atoms with Crippen molar-refractivity contribution in [2.24, 2.45) is 0 Å². The highest BCUT2D eigenvalue weighted by Gasteiger charge is 2.14. The van der Waals surface area contributed by atoms with E-state index >= 15 is 0 Å². The van der Waals surface area contributed by atoms with E-state index in [4.69, 9.17) is 4.74 Å². The number of rotatable bonds is 6. The molecule has 1 atom stereocenters. The van der Waals surface area contributed by atoms with E-state index in [2.05, 4.69) is 15.3 Å². The fourth-order valence-corrected chi connectivity index (χ4v) is 2.33. The number of halogens is 1. The summed E-state index contributed by atoms with van der Waals surface area (Å²) in [4.78, 5) is 8.25. The van der Waals surface area contributed by atoms with E-state index in [-0.39, 0.29) is 11.9 Å². The molecular formula is C16H20FN3O. The second-order valence-electron chi connectivity index (χ2n) is 4.93. The molecule has 0 saturated heterocycles. The van der Waals surface area contributed by atoms with Gasteiger partial charge in [0.15, 0.2) is 0 Å². The van der Waals surface area contributed by atoms with Crippen LogP contribution in [-0.4, -0.2) is 23.6 Å². The van der Waals surface area contributed by atoms with Crippen LogP contribution >= 0.6 is 0 Å². The predicted octanol–water partition coefficient (Wildman–Crippen LogP) is 2.83. The van der Waals surface area contributed by atoms with E-state index in [1.165, 1.54) is 12.4 Å². The Balaban J connectivity index is 2.25. The molecule has 0 spiro atoms. The van der Waals surface area contributed by atoms with Crippen LogP contribution in [0.4, 0.5) is 4.39 Å². The van der Waals surface area contributed by atoms with E-state index in [0.29, 0.717) is 12.3 Å². The fraction of sp³-hybridized carbons (Fsp3) is 0.375. The molecule has 0 aliphatic heterocycles. The van der Waals surface area contributed by atoms with Crippen LogP contribution in [0.15, 0.2) is 30.6 Å². The Kier molecular flexibility index (Phi) is 5.22. The maximum absolute atomic E-state index is 13.6. The van der Waals surface area contributed by atoms with Crippen LogP contribution in [0.3, 0.4) is 0 Å². The number of aryl methyl sites for hydroxylation is 1. The third-order valence-electron chi connectivity index (χ3n) is 3.24. The van der Waals surface area contributed by atoms with Gasteiger partial charge in [-0.05, 0) is 36.7 Å². The van der Waals surface area contributed by atoms with E-state index in [1.807, 2.05) is 19.9 Å². The second-order valence-corrected chi connectivity index (χ2v) is 4.93. The Morgan fingerprint density at radius 2 is 2.05 bits per heavy atom. The lowest BCUT2D eigenvalue weighted by molar-refractivity contribution is 0.395. The molecule has 2 aromatic rings. The van der Waals surface area contributed by atoms with Gasteiger partial charge in [0, 0.05) is 24.2 Å². The van der Waals surface area contributed by atoms with Gasteiger partial charge in [0.05, 0.1) is 7.11 Å². The molecule has 0 aliphatic rings. The molecule has 1 heterocycles. The highest BCUT2D eigenvalue weighted by Crippen LogP contribution is 2.21. The highest BCUT2D eigenvalue weighted by atomic mass is 19.1. The summed E-state index contributed by atoms with van der Waals surface area (Å²) in [5, 5.41) is 3.37. The second kappa shape index (κ2) is 7.13. The molecule has 1 N–H and O–H groups in total. The van der Waals surface area contributed by atoms with Gasteiger partial charge in [-0.25, -0.2) is 14.4 Å². The van der Waals surface area contributed by atoms with Gasteiger partial charge in [0.2, 0.25) is 5.88 Å². The van der Waals surface area contributed by atoms with Crippen molar-refractivity contribution in [3.8, 4) is 5.88 Å². The Morgan fingerprint density at radius 1 is 1.24 bits per heavy atom. The van der Waals surface area contributed by atoms with Crippen LogP contribution in [0, 0.1) is 12.7 Å². The molecule has 1 aromatic carbocycles. The smallest absolute Gasteiger partial charge is 0.216 e. The molecule has 1 aromatic heterocycles. The molecule has 0 amide bonds. The van der Waals surface area contributed by atoms with Crippen LogP contribution < -0.4 is 10.1 Å². The van der Waals surface area contributed by atoms with Crippen LogP contribution in [0.5, 0.6) is 5.88 Å². The molecule has 0 saturated carbocycles. The number of nitrogens with zero attached hydrogens (tertiary/aromatic N) is 2. The van der Waals surface area contributed by atoms with E-state index < -0.39 is 0 Å². The first-order valence-electron chi connectivity index (χ1n) is 6.97. The summed E-state index contributed by atoms with van der Waals surface area (Å²) in [5.41, 5.74) is 2.69. The van der Waals surface area contributed by atoms with Crippen molar-refractivity contribution in [3.05, 3.63) is 53.2 Å². The summed E-state index contributed by atoms with van der Waals surface area (Å²) in [5.74, 6) is 0.318. The Hall–Kier alpha value is -2.01. The Labute approximate surface area is 124 Å². The van der Waals surface area contributed by atoms with Gasteiger partial charge in [0.25, 0.3) is 0 Å². The van der Waals surface area contributed by atoms with Gasteiger partial charge in [0.1, 0.15) is 12.1 Å². The van der Waals surface area contributed by atoms with Crippen LogP contribution in [0.2, 0.25) is 0 Å². The highest BCUT2D eigenvalue weighted by molar-refractivity contribution is 5.28. The van der Waals surface area contributed by atoms with Crippen molar-refractivity contribution in [1.82, 2.24) is 15.3 Å². The first kappa shape index (κ1) is 15.4. The summed E-state index contributed by atoms with van der Waals surface area (Å²) in [6.07, 6.45) is 2.13. The minimum absolute atomic E-state index is 0.00371. The summed E-state index contributed by atoms with van der Waals surface area (Å²) in [7, 11) is 1.57. The van der Waals surface area contributed by atoms with Crippen LogP contribution in [0.25, 0.3) is 0 Å². The minimum Gasteiger partial charge on any atom is -0.481 e. The maximum Gasteiger partial charge on any atom is 0.216 e. The van der Waals surface area contributed by atoms with Gasteiger partial charge in [-0.15, -0.1) is 0 Å². The topological polar surface area (TPSA) is 47.0 Å². The van der Waals surface area contributed by atoms with Crippen molar-refractivity contribution >= 4 is 0 Å². The third-order valence-corrected chi connectivity index (χ3v) is 3.24. The lowest BCUT2D eigenvalue weighted by Crippen LogP contribution is -2.23. The number of hydrogen-bond acceptors (Lipinski definition) is 4. The number of nitrogens with one attached hydrogen (secondary N) is 1. The number of aromatic nitrogens is 2. The van der Waals surface area contributed by atoms with Gasteiger partial charge in [-0.1, -0.05) is 13.0 Å². The minimum atomic E-state index is -0.215. The normalized spacial score (nSPS) is 12.2. The molecule has 2 rings (SSSR count). The average Bonchev–Trinajstić information content (AvgIpc) is 2.46. The zero-order chi connectivity index (χ0) is 15.2. The SMILES string of the molecule is CCNC(Cc1cc(OC)ncn1)c1cc(C)cc(F)c1. The molecule has 5 heteroatoms. The zero-order valence-electron chi connectivity index (χ0n) is 12.6. The summed E-state index contributed by atoms with van der Waals surface area (Å²) in [6.45, 7) is 4.71. The number of likely N-dealkylation sites (N-methyl/N-ethyl adjacent to an activating group) is 1. The molecular weight excluding hydrogens is 269 g/mol. The molecule has 0 radical (unpaired) electrons. The largest absolute Gasteiger partial charge is 0.481 e. The standard InChI is InChI=1S/C16H20FN3O/c1-4-18-15(12-5-11(2)6-13(17)7-12)8-14-9-16(21-3)20-10-19-14/h5-7,9-10,15,18H,4,8H2,1-3H3. The lowest BCUT2D eigenvalue weighted by atomic mass is 9.99. The summed E-state index contributed by atoms with van der Waals surface area (Å²) >= 11 is 0. The van der Waals surface area contributed by atoms with Crippen molar-refractivity contribution in [2.45, 2.75) is 26.3 Å². The Bertz CT molecular complexity index is 584. The van der Waals surface area contributed by atoms with Gasteiger partial charge < -0.3 is 10.1 Å². The fourth-order valence-electron chi connectivity index (χ4n) is 2.33. The molecule has 1 unspecified atom stereocenters. The number of ether oxygens (including phenoxy) is 1. The van der Waals surface area contributed by atoms with Crippen LogP contribution in [-0.2, 0) is 6.42 Å². The average molecular weight is 289 g/mol. The zero-order valence-corrected chi connectivity index (χ0v) is 12.6. The van der Waals surface area contributed by atoms with Gasteiger partial charge in [-0.3, -0.25) is 0 Å². The van der Waals surface area contributed by atoms with Crippen molar-refractivity contribution < 1.29 is 9.13 Å². The number of benzene rings is 1. The molecule has 0 bridgehead atoms. The van der Waals surface area contributed by atoms with Gasteiger partial charge in [-0.2, -0.15) is 0 Å². The Morgan fingerprint density at radius 3 is 2.71 bits per heavy atom. The third kappa shape index (κ3) is 4.23. The van der Waals surface area contributed by atoms with E-state index in [0.717, 1.165) is 23.4 Å². The first-order valence-corrected chi connectivity index (χ1v) is 6.97. The van der Waals surface area contributed by atoms with E-state index in [1.54, 1.807) is 19.2 Å². The molecule has 0 fully saturated rings. The molecule has 21 heavy (non-hydrogen) atoms. The van der Waals surface area contributed by atoms with Crippen LogP contribution in [0.1, 0.15) is 29.8 Å². The lowest BCUT2D eigenvalue weighted by Gasteiger charge is -2.19. The quantitative estimate of drug-likeness (QED) is 0.888. The molecule has 112 valence electrons. The molecule has 0 aliphatic carbocycles. The summed E-state index contributed by atoms with van der Waals surface area (Å²) < 4.78 is 18.7. The number of hydrogen-bond donors (Lipinski definition) is 1. The predicted molar refractivity (Wildman–Crippen MR) is 79.8 cm³/mol.